The van der Waals surface area contributed by atoms with E-state index < -0.39 is 0 Å². The van der Waals surface area contributed by atoms with Gasteiger partial charge in [0.25, 0.3) is 0 Å². The van der Waals surface area contributed by atoms with Crippen LogP contribution in [0.1, 0.15) is 44.1 Å². The normalized spacial score (nSPS) is 16.6. The van der Waals surface area contributed by atoms with Crippen LogP contribution in [0.4, 0.5) is 5.69 Å². The number of nitrogen functional groups attached to an aromatic ring is 1. The van der Waals surface area contributed by atoms with Gasteiger partial charge in [0.1, 0.15) is 5.69 Å². The van der Waals surface area contributed by atoms with Crippen LogP contribution in [0.2, 0.25) is 0 Å². The average Bonchev–Trinajstić information content (AvgIpc) is 3.14. The number of nitrogens with two attached hydrogens (primary N) is 1. The molecule has 5 nitrogen and oxygen atoms in total. The van der Waals surface area contributed by atoms with Crippen molar-refractivity contribution in [2.75, 3.05) is 5.73 Å². The van der Waals surface area contributed by atoms with Gasteiger partial charge in [-0.25, -0.2) is 0 Å². The van der Waals surface area contributed by atoms with Crippen molar-refractivity contribution in [2.24, 2.45) is 5.92 Å². The summed E-state index contributed by atoms with van der Waals surface area (Å²) in [5.74, 6) is 0.766. The average molecular weight is 273 g/mol. The summed E-state index contributed by atoms with van der Waals surface area (Å²) in [6.07, 6.45) is 4.59. The Bertz CT molecular complexity index is 633. The van der Waals surface area contributed by atoms with E-state index in [9.17, 15) is 0 Å². The van der Waals surface area contributed by atoms with Crippen molar-refractivity contribution in [3.63, 3.8) is 0 Å². The van der Waals surface area contributed by atoms with Crippen LogP contribution in [-0.4, -0.2) is 19.6 Å². The van der Waals surface area contributed by atoms with Gasteiger partial charge in [-0.1, -0.05) is 0 Å². The van der Waals surface area contributed by atoms with Gasteiger partial charge >= 0.3 is 0 Å². The molecule has 0 radical (unpaired) electrons. The zero-order valence-corrected chi connectivity index (χ0v) is 12.7. The van der Waals surface area contributed by atoms with Gasteiger partial charge in [-0.3, -0.25) is 9.36 Å². The molecule has 0 amide bonds. The first-order valence-electron chi connectivity index (χ1n) is 7.42. The fourth-order valence-corrected chi connectivity index (χ4v) is 2.95. The van der Waals surface area contributed by atoms with E-state index in [1.54, 1.807) is 0 Å². The molecule has 0 aromatic carbocycles. The first-order valence-corrected chi connectivity index (χ1v) is 7.42. The highest BCUT2D eigenvalue weighted by Gasteiger charge is 2.30. The molecule has 108 valence electrons. The zero-order chi connectivity index (χ0) is 14.4. The Kier molecular flexibility index (Phi) is 3.07. The minimum atomic E-state index is 0.438. The fraction of sp³-hybridized carbons (Fsp3) is 0.600. The molecule has 20 heavy (non-hydrogen) atoms. The van der Waals surface area contributed by atoms with Crippen LogP contribution in [0.5, 0.6) is 0 Å². The molecule has 2 heterocycles. The molecule has 0 saturated heterocycles. The lowest BCUT2D eigenvalue weighted by molar-refractivity contribution is 0.441. The van der Waals surface area contributed by atoms with E-state index in [4.69, 9.17) is 10.8 Å². The van der Waals surface area contributed by atoms with Crippen molar-refractivity contribution in [1.29, 1.82) is 0 Å². The lowest BCUT2D eigenvalue weighted by atomic mass is 10.1. The third kappa shape index (κ3) is 2.01. The zero-order valence-electron chi connectivity index (χ0n) is 12.7. The smallest absolute Gasteiger partial charge is 0.119 e. The van der Waals surface area contributed by atoms with Crippen LogP contribution >= 0.6 is 0 Å². The number of hydrogen-bond acceptors (Lipinski definition) is 3. The summed E-state index contributed by atoms with van der Waals surface area (Å²) in [4.78, 5) is 0. The Hall–Kier alpha value is -1.78. The Morgan fingerprint density at radius 1 is 1.35 bits per heavy atom. The van der Waals surface area contributed by atoms with Crippen molar-refractivity contribution in [1.82, 2.24) is 19.6 Å². The highest BCUT2D eigenvalue weighted by atomic mass is 15.3. The molecule has 1 saturated carbocycles. The predicted octanol–water partition coefficient (Wildman–Crippen LogP) is 2.94. The van der Waals surface area contributed by atoms with Crippen LogP contribution in [0.3, 0.4) is 0 Å². The molecule has 0 spiro atoms. The Morgan fingerprint density at radius 3 is 2.60 bits per heavy atom. The fourth-order valence-electron chi connectivity index (χ4n) is 2.95. The lowest BCUT2D eigenvalue weighted by Crippen LogP contribution is -2.07. The number of anilines is 1. The SMILES string of the molecule is CCn1nc(C)c(-c2nn(C(C)C3CC3)cc2N)c1C. The molecule has 1 aliphatic rings. The van der Waals surface area contributed by atoms with Gasteiger partial charge in [-0.2, -0.15) is 10.2 Å². The van der Waals surface area contributed by atoms with Crippen LogP contribution in [0.15, 0.2) is 6.20 Å². The first-order chi connectivity index (χ1) is 9.52. The van der Waals surface area contributed by atoms with Gasteiger partial charge in [-0.15, -0.1) is 0 Å². The summed E-state index contributed by atoms with van der Waals surface area (Å²) in [6.45, 7) is 9.30. The number of nitrogens with zero attached hydrogens (tertiary/aromatic N) is 4. The molecule has 1 fully saturated rings. The van der Waals surface area contributed by atoms with Crippen molar-refractivity contribution in [3.8, 4) is 11.3 Å². The van der Waals surface area contributed by atoms with Crippen LogP contribution in [0.25, 0.3) is 11.3 Å². The summed E-state index contributed by atoms with van der Waals surface area (Å²) in [6, 6.07) is 0.438. The molecular formula is C15H23N5. The molecule has 1 aliphatic carbocycles. The van der Waals surface area contributed by atoms with E-state index in [2.05, 4.69) is 25.9 Å². The number of hydrogen-bond donors (Lipinski definition) is 1. The van der Waals surface area contributed by atoms with E-state index in [1.165, 1.54) is 12.8 Å². The second-order valence-electron chi connectivity index (χ2n) is 5.85. The van der Waals surface area contributed by atoms with E-state index in [0.29, 0.717) is 6.04 Å². The highest BCUT2D eigenvalue weighted by Crippen LogP contribution is 2.40. The van der Waals surface area contributed by atoms with Gasteiger partial charge in [-0.05, 0) is 46.5 Å². The Morgan fingerprint density at radius 2 is 2.05 bits per heavy atom. The Labute approximate surface area is 119 Å². The van der Waals surface area contributed by atoms with E-state index >= 15 is 0 Å². The van der Waals surface area contributed by atoms with Gasteiger partial charge < -0.3 is 5.73 Å². The minimum Gasteiger partial charge on any atom is -0.396 e. The third-order valence-corrected chi connectivity index (χ3v) is 4.40. The van der Waals surface area contributed by atoms with Crippen molar-refractivity contribution in [2.45, 2.75) is 53.1 Å². The molecule has 2 N–H and O–H groups in total. The van der Waals surface area contributed by atoms with Crippen LogP contribution in [-0.2, 0) is 6.54 Å². The minimum absolute atomic E-state index is 0.438. The molecule has 0 bridgehead atoms. The highest BCUT2D eigenvalue weighted by molar-refractivity contribution is 5.75. The lowest BCUT2D eigenvalue weighted by Gasteiger charge is -2.09. The summed E-state index contributed by atoms with van der Waals surface area (Å²) in [5, 5.41) is 9.31. The van der Waals surface area contributed by atoms with Gasteiger partial charge in [0.15, 0.2) is 0 Å². The second-order valence-corrected chi connectivity index (χ2v) is 5.85. The second kappa shape index (κ2) is 4.65. The van der Waals surface area contributed by atoms with E-state index in [0.717, 1.165) is 40.8 Å². The molecule has 1 unspecified atom stereocenters. The first kappa shape index (κ1) is 13.2. The molecule has 2 aromatic rings. The van der Waals surface area contributed by atoms with Crippen molar-refractivity contribution in [3.05, 3.63) is 17.6 Å². The van der Waals surface area contributed by atoms with Gasteiger partial charge in [0.2, 0.25) is 0 Å². The van der Waals surface area contributed by atoms with Gasteiger partial charge in [0.05, 0.1) is 17.4 Å². The number of aryl methyl sites for hydroxylation is 2. The van der Waals surface area contributed by atoms with Crippen molar-refractivity contribution < 1.29 is 0 Å². The third-order valence-electron chi connectivity index (χ3n) is 4.40. The maximum atomic E-state index is 6.20. The largest absolute Gasteiger partial charge is 0.396 e. The molecule has 0 aliphatic heterocycles. The summed E-state index contributed by atoms with van der Waals surface area (Å²) in [5.41, 5.74) is 11.1. The van der Waals surface area contributed by atoms with Gasteiger partial charge in [0, 0.05) is 24.0 Å². The molecule has 3 rings (SSSR count). The topological polar surface area (TPSA) is 61.7 Å². The van der Waals surface area contributed by atoms with Crippen molar-refractivity contribution >= 4 is 5.69 Å². The van der Waals surface area contributed by atoms with E-state index in [-0.39, 0.29) is 0 Å². The summed E-state index contributed by atoms with van der Waals surface area (Å²) in [7, 11) is 0. The monoisotopic (exact) mass is 273 g/mol. The maximum absolute atomic E-state index is 6.20. The Balaban J connectivity index is 2.04. The van der Waals surface area contributed by atoms with Crippen LogP contribution < -0.4 is 5.73 Å². The predicted molar refractivity (Wildman–Crippen MR) is 80.4 cm³/mol. The molecule has 1 atom stereocenters. The standard InChI is InChI=1S/C15H23N5/c1-5-19-11(4)14(9(2)17-19)15-13(16)8-20(18-15)10(3)12-6-7-12/h8,10,12H,5-7,16H2,1-4H3. The number of aromatic nitrogens is 4. The molecular weight excluding hydrogens is 250 g/mol. The quantitative estimate of drug-likeness (QED) is 0.931. The maximum Gasteiger partial charge on any atom is 0.119 e. The van der Waals surface area contributed by atoms with Crippen LogP contribution in [0, 0.1) is 19.8 Å². The van der Waals surface area contributed by atoms with E-state index in [1.807, 2.05) is 22.5 Å². The molecule has 2 aromatic heterocycles. The summed E-state index contributed by atoms with van der Waals surface area (Å²) < 4.78 is 4.04. The number of rotatable bonds is 4. The summed E-state index contributed by atoms with van der Waals surface area (Å²) >= 11 is 0. The molecule has 5 heteroatoms.